The van der Waals surface area contributed by atoms with Gasteiger partial charge < -0.3 is 10.6 Å². The highest BCUT2D eigenvalue weighted by Crippen LogP contribution is 2.18. The van der Waals surface area contributed by atoms with Gasteiger partial charge in [-0.05, 0) is 38.5 Å². The maximum Gasteiger partial charge on any atom is 0.224 e. The fourth-order valence-electron chi connectivity index (χ4n) is 1.96. The van der Waals surface area contributed by atoms with Gasteiger partial charge in [-0.25, -0.2) is 4.98 Å². The monoisotopic (exact) mass is 290 g/mol. The molecule has 1 unspecified atom stereocenters. The van der Waals surface area contributed by atoms with Crippen LogP contribution in [0.3, 0.4) is 0 Å². The molecule has 2 rings (SSSR count). The second-order valence-electron chi connectivity index (χ2n) is 4.95. The van der Waals surface area contributed by atoms with E-state index in [0.29, 0.717) is 12.0 Å². The van der Waals surface area contributed by atoms with Crippen LogP contribution in [0.15, 0.2) is 24.4 Å². The first kappa shape index (κ1) is 14.8. The van der Waals surface area contributed by atoms with Crippen LogP contribution >= 0.6 is 11.3 Å². The molecule has 0 aliphatic carbocycles. The summed E-state index contributed by atoms with van der Waals surface area (Å²) in [5.41, 5.74) is 0. The standard InChI is InChI=1S/C15H22N4S/c1-4-8-16-15-17-9-7-14(19-15)18-11(2)10-13-6-5-12(3)20-13/h5-7,9,11H,4,8,10H2,1-3H3,(H2,16,17,18,19). The Morgan fingerprint density at radius 1 is 1.30 bits per heavy atom. The van der Waals surface area contributed by atoms with Gasteiger partial charge in [-0.3, -0.25) is 0 Å². The van der Waals surface area contributed by atoms with Gasteiger partial charge in [-0.1, -0.05) is 6.92 Å². The Morgan fingerprint density at radius 3 is 2.85 bits per heavy atom. The Morgan fingerprint density at radius 2 is 2.15 bits per heavy atom. The van der Waals surface area contributed by atoms with Gasteiger partial charge in [-0.15, -0.1) is 11.3 Å². The average Bonchev–Trinajstić information content (AvgIpc) is 2.82. The fourth-order valence-corrected chi connectivity index (χ4v) is 2.98. The Labute approximate surface area is 124 Å². The molecule has 2 heterocycles. The Hall–Kier alpha value is -1.62. The van der Waals surface area contributed by atoms with Crippen molar-refractivity contribution in [3.63, 3.8) is 0 Å². The predicted molar refractivity (Wildman–Crippen MR) is 86.7 cm³/mol. The van der Waals surface area contributed by atoms with E-state index in [9.17, 15) is 0 Å². The van der Waals surface area contributed by atoms with Crippen molar-refractivity contribution in [3.05, 3.63) is 34.2 Å². The molecule has 0 aromatic carbocycles. The highest BCUT2D eigenvalue weighted by molar-refractivity contribution is 7.11. The van der Waals surface area contributed by atoms with Crippen molar-refractivity contribution >= 4 is 23.1 Å². The van der Waals surface area contributed by atoms with Gasteiger partial charge in [0.1, 0.15) is 5.82 Å². The van der Waals surface area contributed by atoms with Crippen LogP contribution < -0.4 is 10.6 Å². The lowest BCUT2D eigenvalue weighted by Gasteiger charge is -2.14. The molecule has 0 radical (unpaired) electrons. The molecule has 0 aliphatic rings. The fraction of sp³-hybridized carbons (Fsp3) is 0.467. The molecule has 0 saturated carbocycles. The lowest BCUT2D eigenvalue weighted by Crippen LogP contribution is -2.19. The quantitative estimate of drug-likeness (QED) is 0.816. The summed E-state index contributed by atoms with van der Waals surface area (Å²) in [5.74, 6) is 1.57. The van der Waals surface area contributed by atoms with Gasteiger partial charge in [0.2, 0.25) is 5.95 Å². The Kier molecular flexibility index (Phi) is 5.35. The van der Waals surface area contributed by atoms with Crippen molar-refractivity contribution in [2.75, 3.05) is 17.2 Å². The highest BCUT2D eigenvalue weighted by Gasteiger charge is 2.07. The molecule has 20 heavy (non-hydrogen) atoms. The predicted octanol–water partition coefficient (Wildman–Crippen LogP) is 3.71. The van der Waals surface area contributed by atoms with E-state index >= 15 is 0 Å². The third kappa shape index (κ3) is 4.49. The topological polar surface area (TPSA) is 49.8 Å². The summed E-state index contributed by atoms with van der Waals surface area (Å²) in [6.07, 6.45) is 3.87. The number of aromatic nitrogens is 2. The highest BCUT2D eigenvalue weighted by atomic mass is 32.1. The van der Waals surface area contributed by atoms with Gasteiger partial charge in [0.25, 0.3) is 0 Å². The lowest BCUT2D eigenvalue weighted by atomic mass is 10.2. The average molecular weight is 290 g/mol. The van der Waals surface area contributed by atoms with Crippen molar-refractivity contribution in [1.82, 2.24) is 9.97 Å². The van der Waals surface area contributed by atoms with Gasteiger partial charge >= 0.3 is 0 Å². The van der Waals surface area contributed by atoms with Gasteiger partial charge in [0, 0.05) is 35.0 Å². The molecular weight excluding hydrogens is 268 g/mol. The number of nitrogens with one attached hydrogen (secondary N) is 2. The molecule has 0 fully saturated rings. The van der Waals surface area contributed by atoms with Crippen LogP contribution in [0.25, 0.3) is 0 Å². The van der Waals surface area contributed by atoms with E-state index in [4.69, 9.17) is 0 Å². The maximum atomic E-state index is 4.47. The first-order chi connectivity index (χ1) is 9.67. The Bertz CT molecular complexity index is 538. The van der Waals surface area contributed by atoms with Crippen LogP contribution in [0.1, 0.15) is 30.0 Å². The smallest absolute Gasteiger partial charge is 0.224 e. The van der Waals surface area contributed by atoms with Crippen LogP contribution in [-0.4, -0.2) is 22.6 Å². The molecular formula is C15H22N4S. The molecule has 5 heteroatoms. The number of aryl methyl sites for hydroxylation is 1. The molecule has 0 amide bonds. The summed E-state index contributed by atoms with van der Waals surface area (Å²) < 4.78 is 0. The second-order valence-corrected chi connectivity index (χ2v) is 6.33. The SMILES string of the molecule is CCCNc1nccc(NC(C)Cc2ccc(C)s2)n1. The van der Waals surface area contributed by atoms with Crippen LogP contribution in [0.2, 0.25) is 0 Å². The van der Waals surface area contributed by atoms with Crippen molar-refractivity contribution in [2.24, 2.45) is 0 Å². The van der Waals surface area contributed by atoms with E-state index in [1.807, 2.05) is 17.4 Å². The summed E-state index contributed by atoms with van der Waals surface area (Å²) in [4.78, 5) is 11.4. The van der Waals surface area contributed by atoms with E-state index in [2.05, 4.69) is 53.5 Å². The van der Waals surface area contributed by atoms with Crippen LogP contribution in [0.4, 0.5) is 11.8 Å². The lowest BCUT2D eigenvalue weighted by molar-refractivity contribution is 0.793. The van der Waals surface area contributed by atoms with E-state index in [0.717, 1.165) is 25.2 Å². The second kappa shape index (κ2) is 7.24. The number of rotatable bonds is 7. The zero-order valence-electron chi connectivity index (χ0n) is 12.3. The van der Waals surface area contributed by atoms with Gasteiger partial charge in [0.05, 0.1) is 0 Å². The number of anilines is 2. The minimum atomic E-state index is 0.349. The normalized spacial score (nSPS) is 12.2. The molecule has 0 aliphatic heterocycles. The molecule has 0 saturated heterocycles. The molecule has 4 nitrogen and oxygen atoms in total. The van der Waals surface area contributed by atoms with Crippen LogP contribution in [-0.2, 0) is 6.42 Å². The van der Waals surface area contributed by atoms with Gasteiger partial charge in [-0.2, -0.15) is 4.98 Å². The third-order valence-electron chi connectivity index (χ3n) is 2.89. The van der Waals surface area contributed by atoms with Crippen LogP contribution in [0.5, 0.6) is 0 Å². The molecule has 0 spiro atoms. The molecule has 2 aromatic rings. The van der Waals surface area contributed by atoms with E-state index in [1.54, 1.807) is 6.20 Å². The number of hydrogen-bond donors (Lipinski definition) is 2. The molecule has 2 N–H and O–H groups in total. The van der Waals surface area contributed by atoms with Crippen molar-refractivity contribution in [1.29, 1.82) is 0 Å². The van der Waals surface area contributed by atoms with Crippen molar-refractivity contribution < 1.29 is 0 Å². The summed E-state index contributed by atoms with van der Waals surface area (Å²) in [5, 5.41) is 6.63. The molecule has 2 aromatic heterocycles. The number of nitrogens with zero attached hydrogens (tertiary/aromatic N) is 2. The largest absolute Gasteiger partial charge is 0.367 e. The van der Waals surface area contributed by atoms with E-state index < -0.39 is 0 Å². The molecule has 0 bridgehead atoms. The van der Waals surface area contributed by atoms with E-state index in [1.165, 1.54) is 9.75 Å². The molecule has 1 atom stereocenters. The summed E-state index contributed by atoms with van der Waals surface area (Å²) in [6, 6.07) is 6.63. The molecule has 108 valence electrons. The summed E-state index contributed by atoms with van der Waals surface area (Å²) in [7, 11) is 0. The first-order valence-electron chi connectivity index (χ1n) is 7.06. The Balaban J connectivity index is 1.91. The first-order valence-corrected chi connectivity index (χ1v) is 7.87. The third-order valence-corrected chi connectivity index (χ3v) is 3.91. The van der Waals surface area contributed by atoms with Crippen molar-refractivity contribution in [3.8, 4) is 0 Å². The summed E-state index contributed by atoms with van der Waals surface area (Å²) >= 11 is 1.86. The minimum Gasteiger partial charge on any atom is -0.367 e. The zero-order valence-corrected chi connectivity index (χ0v) is 13.1. The van der Waals surface area contributed by atoms with Crippen LogP contribution in [0, 0.1) is 6.92 Å². The number of hydrogen-bond acceptors (Lipinski definition) is 5. The van der Waals surface area contributed by atoms with E-state index in [-0.39, 0.29) is 0 Å². The maximum absolute atomic E-state index is 4.47. The zero-order chi connectivity index (χ0) is 14.4. The summed E-state index contributed by atoms with van der Waals surface area (Å²) in [6.45, 7) is 7.34. The number of thiophene rings is 1. The van der Waals surface area contributed by atoms with Gasteiger partial charge in [0.15, 0.2) is 0 Å². The van der Waals surface area contributed by atoms with Crippen molar-refractivity contribution in [2.45, 2.75) is 39.7 Å². The minimum absolute atomic E-state index is 0.349.